The summed E-state index contributed by atoms with van der Waals surface area (Å²) in [6.45, 7) is 4.13. The van der Waals surface area contributed by atoms with Crippen LogP contribution in [0.5, 0.6) is 0 Å². The molecule has 0 aromatic heterocycles. The molecule has 0 N–H and O–H groups in total. The van der Waals surface area contributed by atoms with E-state index in [4.69, 9.17) is 18.5 Å². The van der Waals surface area contributed by atoms with Gasteiger partial charge in [-0.1, -0.05) is 121 Å². The third-order valence-electron chi connectivity index (χ3n) is 8.38. The Morgan fingerprint density at radius 2 is 1.08 bits per heavy atom. The maximum absolute atomic E-state index is 12.6. The molecule has 9 nitrogen and oxygen atoms in total. The van der Waals surface area contributed by atoms with Gasteiger partial charge in [0.05, 0.1) is 27.7 Å². The summed E-state index contributed by atoms with van der Waals surface area (Å²) < 4.78 is 33.8. The van der Waals surface area contributed by atoms with Gasteiger partial charge >= 0.3 is 11.9 Å². The van der Waals surface area contributed by atoms with Gasteiger partial charge in [-0.3, -0.25) is 14.2 Å². The second-order valence-corrected chi connectivity index (χ2v) is 16.1. The monoisotopic (exact) mass is 742 g/mol. The molecule has 0 rings (SSSR count). The Morgan fingerprint density at radius 1 is 0.608 bits per heavy atom. The van der Waals surface area contributed by atoms with E-state index >= 15 is 0 Å². The van der Waals surface area contributed by atoms with E-state index in [1.807, 2.05) is 21.1 Å². The second-order valence-electron chi connectivity index (χ2n) is 14.6. The molecule has 0 heterocycles. The molecular weight excluding hydrogens is 665 g/mol. The van der Waals surface area contributed by atoms with E-state index in [1.165, 1.54) is 51.4 Å². The zero-order valence-corrected chi connectivity index (χ0v) is 34.2. The molecule has 0 saturated heterocycles. The SMILES string of the molecule is CCCC/C=C/C/C=C/CCCCCCCC(=O)O[C@H](COC(=O)CCCCC/C=C/CCCCCCCC)COP(=O)([O-])OCC[N+](C)(C)C. The Morgan fingerprint density at radius 3 is 1.65 bits per heavy atom. The number of quaternary nitrogens is 1. The Bertz CT molecular complexity index is 975. The van der Waals surface area contributed by atoms with Crippen molar-refractivity contribution in [3.63, 3.8) is 0 Å². The zero-order chi connectivity index (χ0) is 37.9. The topological polar surface area (TPSA) is 111 Å². The molecule has 51 heavy (non-hydrogen) atoms. The van der Waals surface area contributed by atoms with Crippen molar-refractivity contribution >= 4 is 19.8 Å². The van der Waals surface area contributed by atoms with Crippen molar-refractivity contribution in [2.24, 2.45) is 0 Å². The van der Waals surface area contributed by atoms with Gasteiger partial charge in [0.15, 0.2) is 6.10 Å². The van der Waals surface area contributed by atoms with E-state index in [9.17, 15) is 19.0 Å². The smallest absolute Gasteiger partial charge is 0.306 e. The van der Waals surface area contributed by atoms with Gasteiger partial charge in [-0.15, -0.1) is 0 Å². The summed E-state index contributed by atoms with van der Waals surface area (Å²) in [5.41, 5.74) is 0. The van der Waals surface area contributed by atoms with Crippen LogP contribution in [0.2, 0.25) is 0 Å². The lowest BCUT2D eigenvalue weighted by molar-refractivity contribution is -0.870. The number of likely N-dealkylation sites (N-methyl/N-ethyl adjacent to an activating group) is 1. The van der Waals surface area contributed by atoms with Crippen LogP contribution in [-0.4, -0.2) is 70.0 Å². The van der Waals surface area contributed by atoms with Gasteiger partial charge in [0, 0.05) is 12.8 Å². The lowest BCUT2D eigenvalue weighted by atomic mass is 10.1. The maximum Gasteiger partial charge on any atom is 0.306 e. The number of carbonyl (C=O) groups excluding carboxylic acids is 2. The first kappa shape index (κ1) is 49.2. The van der Waals surface area contributed by atoms with Crippen LogP contribution in [0.3, 0.4) is 0 Å². The van der Waals surface area contributed by atoms with Crippen LogP contribution < -0.4 is 4.89 Å². The molecule has 0 saturated carbocycles. The van der Waals surface area contributed by atoms with E-state index in [1.54, 1.807) is 0 Å². The molecule has 298 valence electrons. The van der Waals surface area contributed by atoms with Gasteiger partial charge < -0.3 is 27.9 Å². The first-order valence-corrected chi connectivity index (χ1v) is 21.7. The Balaban J connectivity index is 4.47. The Labute approximate surface area is 312 Å². The van der Waals surface area contributed by atoms with Gasteiger partial charge in [0.1, 0.15) is 19.8 Å². The molecule has 2 atom stereocenters. The van der Waals surface area contributed by atoms with Crippen LogP contribution in [0.25, 0.3) is 0 Å². The van der Waals surface area contributed by atoms with Crippen molar-refractivity contribution in [2.45, 2.75) is 168 Å². The number of esters is 2. The third-order valence-corrected chi connectivity index (χ3v) is 9.35. The number of carbonyl (C=O) groups is 2. The summed E-state index contributed by atoms with van der Waals surface area (Å²) in [6.07, 6.45) is 36.0. The van der Waals surface area contributed by atoms with Crippen LogP contribution in [0.1, 0.15) is 162 Å². The average molecular weight is 742 g/mol. The molecule has 0 aliphatic heterocycles. The van der Waals surface area contributed by atoms with Crippen LogP contribution in [0, 0.1) is 0 Å². The van der Waals surface area contributed by atoms with Gasteiger partial charge in [-0.2, -0.15) is 0 Å². The number of unbranched alkanes of at least 4 members (excludes halogenated alkanes) is 16. The lowest BCUT2D eigenvalue weighted by Crippen LogP contribution is -2.37. The predicted molar refractivity (Wildman–Crippen MR) is 208 cm³/mol. The lowest BCUT2D eigenvalue weighted by Gasteiger charge is -2.28. The number of phosphoric acid groups is 1. The fraction of sp³-hybridized carbons (Fsp3) is 0.805. The molecule has 0 spiro atoms. The summed E-state index contributed by atoms with van der Waals surface area (Å²) >= 11 is 0. The highest BCUT2D eigenvalue weighted by Gasteiger charge is 2.21. The van der Waals surface area contributed by atoms with Gasteiger partial charge in [-0.05, 0) is 64.2 Å². The normalized spacial score (nSPS) is 14.1. The molecule has 0 fully saturated rings. The largest absolute Gasteiger partial charge is 0.756 e. The first-order chi connectivity index (χ1) is 24.5. The first-order valence-electron chi connectivity index (χ1n) is 20.2. The quantitative estimate of drug-likeness (QED) is 0.0205. The van der Waals surface area contributed by atoms with Crippen molar-refractivity contribution < 1.29 is 42.1 Å². The summed E-state index contributed by atoms with van der Waals surface area (Å²) in [5.74, 6) is -0.872. The number of rotatable bonds is 36. The number of ether oxygens (including phenoxy) is 2. The van der Waals surface area contributed by atoms with Crippen molar-refractivity contribution in [1.29, 1.82) is 0 Å². The standard InChI is InChI=1S/C41H76NO8P/c1-6-8-10-12-14-16-18-20-22-24-26-28-30-32-34-41(44)50-39(38-49-51(45,46)48-36-35-42(3,4)5)37-47-40(43)33-31-29-27-25-23-21-19-17-15-13-11-9-7-2/h12,14,18,20-21,23,39H,6-11,13,15-17,19,22,24-38H2,1-5H3/b14-12+,20-18+,23-21+/t39-/m1/s1. The number of hydrogen-bond donors (Lipinski definition) is 0. The minimum absolute atomic E-state index is 0.0363. The molecule has 1 unspecified atom stereocenters. The highest BCUT2D eigenvalue weighted by molar-refractivity contribution is 7.45. The van der Waals surface area contributed by atoms with Gasteiger partial charge in [0.2, 0.25) is 0 Å². The van der Waals surface area contributed by atoms with Crippen LogP contribution in [0.4, 0.5) is 0 Å². The Kier molecular flexibility index (Phi) is 32.8. The minimum Gasteiger partial charge on any atom is -0.756 e. The molecule has 0 aliphatic carbocycles. The highest BCUT2D eigenvalue weighted by atomic mass is 31.2. The molecule has 0 aromatic carbocycles. The summed E-state index contributed by atoms with van der Waals surface area (Å²) in [7, 11) is 1.14. The van der Waals surface area contributed by atoms with E-state index < -0.39 is 32.5 Å². The van der Waals surface area contributed by atoms with E-state index in [2.05, 4.69) is 50.3 Å². The van der Waals surface area contributed by atoms with Crippen LogP contribution >= 0.6 is 7.82 Å². The molecule has 0 radical (unpaired) electrons. The van der Waals surface area contributed by atoms with Crippen molar-refractivity contribution in [2.75, 3.05) is 47.5 Å². The van der Waals surface area contributed by atoms with Gasteiger partial charge in [0.25, 0.3) is 7.82 Å². The van der Waals surface area contributed by atoms with E-state index in [0.717, 1.165) is 70.6 Å². The number of hydrogen-bond acceptors (Lipinski definition) is 8. The summed E-state index contributed by atoms with van der Waals surface area (Å²) in [6, 6.07) is 0. The fourth-order valence-electron chi connectivity index (χ4n) is 5.13. The van der Waals surface area contributed by atoms with Crippen molar-refractivity contribution in [3.05, 3.63) is 36.5 Å². The molecular formula is C41H76NO8P. The van der Waals surface area contributed by atoms with Crippen molar-refractivity contribution in [1.82, 2.24) is 0 Å². The summed E-state index contributed by atoms with van der Waals surface area (Å²) in [4.78, 5) is 37.4. The molecule has 10 heteroatoms. The van der Waals surface area contributed by atoms with Crippen LogP contribution in [-0.2, 0) is 32.7 Å². The predicted octanol–water partition coefficient (Wildman–Crippen LogP) is 10.3. The third kappa shape index (κ3) is 37.8. The average Bonchev–Trinajstić information content (AvgIpc) is 3.07. The van der Waals surface area contributed by atoms with Crippen molar-refractivity contribution in [3.8, 4) is 0 Å². The molecule has 0 aliphatic rings. The highest BCUT2D eigenvalue weighted by Crippen LogP contribution is 2.38. The second kappa shape index (κ2) is 34.0. The van der Waals surface area contributed by atoms with Gasteiger partial charge in [-0.25, -0.2) is 0 Å². The fourth-order valence-corrected chi connectivity index (χ4v) is 5.86. The van der Waals surface area contributed by atoms with E-state index in [-0.39, 0.29) is 26.1 Å². The van der Waals surface area contributed by atoms with Crippen LogP contribution in [0.15, 0.2) is 36.5 Å². The van der Waals surface area contributed by atoms with E-state index in [0.29, 0.717) is 23.9 Å². The molecule has 0 aromatic rings. The molecule has 0 bridgehead atoms. The minimum atomic E-state index is -4.63. The number of phosphoric ester groups is 1. The summed E-state index contributed by atoms with van der Waals surface area (Å²) in [5, 5.41) is 0. The number of nitrogens with zero attached hydrogens (tertiary/aromatic N) is 1. The molecule has 0 amide bonds. The Hall–Kier alpha value is -1.77. The number of allylic oxidation sites excluding steroid dienone is 6. The maximum atomic E-state index is 12.6. The zero-order valence-electron chi connectivity index (χ0n) is 33.3.